The van der Waals surface area contributed by atoms with Gasteiger partial charge in [-0.1, -0.05) is 219 Å². The molecule has 0 saturated heterocycles. The van der Waals surface area contributed by atoms with E-state index in [2.05, 4.69) is 329 Å². The fourth-order valence-electron chi connectivity index (χ4n) is 14.2. The Labute approximate surface area is 525 Å². The molecule has 0 N–H and O–H groups in total. The second kappa shape index (κ2) is 19.7. The van der Waals surface area contributed by atoms with Crippen molar-refractivity contribution in [1.82, 2.24) is 4.57 Å². The summed E-state index contributed by atoms with van der Waals surface area (Å²) in [6, 6.07) is 78.1. The zero-order chi connectivity index (χ0) is 62.0. The molecule has 0 aliphatic carbocycles. The summed E-state index contributed by atoms with van der Waals surface area (Å²) in [7, 11) is 0. The van der Waals surface area contributed by atoms with Crippen molar-refractivity contribution in [2.45, 2.75) is 131 Å². The lowest BCUT2D eigenvalue weighted by molar-refractivity contribution is 0.587. The maximum absolute atomic E-state index is 7.39. The number of hydrogen-bond acceptors (Lipinski definition) is 5. The molecule has 0 spiro atoms. The molecule has 3 aromatic heterocycles. The smallest absolute Gasteiger partial charge is 0.252 e. The van der Waals surface area contributed by atoms with Crippen LogP contribution in [0.4, 0.5) is 51.2 Å². The molecule has 0 saturated carbocycles. The number of furan rings is 2. The van der Waals surface area contributed by atoms with Crippen LogP contribution < -0.4 is 31.1 Å². The molecule has 0 fully saturated rings. The highest BCUT2D eigenvalue weighted by Gasteiger charge is 2.44. The van der Waals surface area contributed by atoms with Crippen LogP contribution in [0.5, 0.6) is 0 Å². The molecule has 13 aromatic rings. The van der Waals surface area contributed by atoms with Crippen LogP contribution in [-0.4, -0.2) is 11.3 Å². The summed E-state index contributed by atoms with van der Waals surface area (Å²) in [4.78, 5) is 7.46. The van der Waals surface area contributed by atoms with Gasteiger partial charge in [-0.25, -0.2) is 0 Å². The van der Waals surface area contributed by atoms with Crippen molar-refractivity contribution in [2.75, 3.05) is 14.7 Å². The monoisotopic (exact) mass is 1160 g/mol. The molecule has 0 amide bonds. The van der Waals surface area contributed by atoms with Gasteiger partial charge in [0.2, 0.25) is 5.71 Å². The Morgan fingerprint density at radius 3 is 1.34 bits per heavy atom. The lowest BCUT2D eigenvalue weighted by Crippen LogP contribution is -2.60. The fourth-order valence-corrected chi connectivity index (χ4v) is 14.2. The summed E-state index contributed by atoms with van der Waals surface area (Å²) in [5.74, 6) is 0. The van der Waals surface area contributed by atoms with Crippen LogP contribution in [0.25, 0.3) is 60.6 Å². The minimum Gasteiger partial charge on any atom is -0.454 e. The molecule has 7 heteroatoms. The molecule has 5 heterocycles. The van der Waals surface area contributed by atoms with E-state index in [0.29, 0.717) is 0 Å². The Morgan fingerprint density at radius 1 is 0.326 bits per heavy atom. The highest BCUT2D eigenvalue weighted by Crippen LogP contribution is 2.51. The van der Waals surface area contributed by atoms with Crippen LogP contribution in [0.15, 0.2) is 215 Å². The van der Waals surface area contributed by atoms with E-state index in [4.69, 9.17) is 8.83 Å². The molecule has 15 rings (SSSR count). The van der Waals surface area contributed by atoms with Gasteiger partial charge in [0.1, 0.15) is 11.2 Å². The normalized spacial score (nSPS) is 13.5. The molecule has 0 bridgehead atoms. The van der Waals surface area contributed by atoms with Crippen molar-refractivity contribution >= 4 is 129 Å². The topological polar surface area (TPSA) is 40.9 Å². The number of hydrogen-bond donors (Lipinski definition) is 0. The first-order valence-corrected chi connectivity index (χ1v) is 31.8. The first-order chi connectivity index (χ1) is 42.3. The third-order valence-corrected chi connectivity index (χ3v) is 19.2. The van der Waals surface area contributed by atoms with Gasteiger partial charge in [-0.2, -0.15) is 0 Å². The second-order valence-corrected chi connectivity index (χ2v) is 30.3. The van der Waals surface area contributed by atoms with E-state index in [1.165, 1.54) is 55.1 Å². The van der Waals surface area contributed by atoms with E-state index in [9.17, 15) is 0 Å². The summed E-state index contributed by atoms with van der Waals surface area (Å²) in [6.07, 6.45) is 0. The summed E-state index contributed by atoms with van der Waals surface area (Å²) in [5.41, 5.74) is 25.0. The predicted molar refractivity (Wildman–Crippen MR) is 380 cm³/mol. The van der Waals surface area contributed by atoms with Crippen molar-refractivity contribution in [3.8, 4) is 5.69 Å². The first-order valence-electron chi connectivity index (χ1n) is 31.8. The molecule has 0 radical (unpaired) electrons. The summed E-state index contributed by atoms with van der Waals surface area (Å²) < 4.78 is 17.0. The van der Waals surface area contributed by atoms with Gasteiger partial charge in [0.25, 0.3) is 6.71 Å². The third kappa shape index (κ3) is 9.12. The minimum absolute atomic E-state index is 0.0131. The zero-order valence-corrected chi connectivity index (χ0v) is 54.3. The summed E-state index contributed by atoms with van der Waals surface area (Å²) in [5, 5.41) is 5.58. The van der Waals surface area contributed by atoms with Crippen molar-refractivity contribution in [3.05, 3.63) is 234 Å². The third-order valence-electron chi connectivity index (χ3n) is 19.2. The Hall–Kier alpha value is -9.20. The first kappa shape index (κ1) is 56.3. The average molecular weight is 1160 g/mol. The molecular weight excluding hydrogens is 1080 g/mol. The van der Waals surface area contributed by atoms with Gasteiger partial charge in [-0.05, 0) is 162 Å². The number of fused-ring (bicyclic) bond motifs is 12. The molecule has 0 unspecified atom stereocenters. The molecule has 2 aliphatic rings. The summed E-state index contributed by atoms with van der Waals surface area (Å²) >= 11 is 0. The number of para-hydroxylation sites is 3. The van der Waals surface area contributed by atoms with E-state index in [0.717, 1.165) is 101 Å². The maximum Gasteiger partial charge on any atom is 0.252 e. The molecule has 442 valence electrons. The minimum atomic E-state index is -0.170. The van der Waals surface area contributed by atoms with Gasteiger partial charge in [0.05, 0.1) is 22.3 Å². The number of rotatable bonds is 7. The second-order valence-electron chi connectivity index (χ2n) is 30.3. The van der Waals surface area contributed by atoms with Crippen molar-refractivity contribution in [1.29, 1.82) is 0 Å². The van der Waals surface area contributed by atoms with Gasteiger partial charge >= 0.3 is 0 Å². The Kier molecular flexibility index (Phi) is 12.4. The van der Waals surface area contributed by atoms with Gasteiger partial charge in [-0.3, -0.25) is 4.57 Å². The van der Waals surface area contributed by atoms with Crippen molar-refractivity contribution in [3.63, 3.8) is 0 Å². The quantitative estimate of drug-likeness (QED) is 0.149. The summed E-state index contributed by atoms with van der Waals surface area (Å²) in [6.45, 7) is 34.1. The molecular formula is C82H79BN4O2. The standard InChI is InChI=1S/C82H79BN4O2/c1-78(2,3)50-26-35-55(36-27-50)84(56-37-28-51(29-38-56)79(4,5)6)59-43-45-65-68(47-59)86(67-24-19-21-62-61-44-34-54(82(13,14)15)46-72(61)88-76(62)67)69-48-60(85(57-39-30-52(31-40-57)80(7,8)9)58-41-32-53(33-42-58)81(10,11)12)49-70-74(69)83(65)66-23-18-22-64-73-63-20-16-17-25-71(63)89-77(73)87(70)75(64)66/h16-49H,1-15H3. The van der Waals surface area contributed by atoms with E-state index in [1.54, 1.807) is 0 Å². The molecule has 89 heavy (non-hydrogen) atoms. The predicted octanol–water partition coefficient (Wildman–Crippen LogP) is 21.5. The van der Waals surface area contributed by atoms with Crippen LogP contribution in [0.1, 0.15) is 132 Å². The highest BCUT2D eigenvalue weighted by atomic mass is 16.3. The lowest BCUT2D eigenvalue weighted by Gasteiger charge is -2.41. The van der Waals surface area contributed by atoms with Gasteiger partial charge in [-0.15, -0.1) is 0 Å². The van der Waals surface area contributed by atoms with E-state index in [-0.39, 0.29) is 33.8 Å². The van der Waals surface area contributed by atoms with Crippen LogP contribution in [0.3, 0.4) is 0 Å². The van der Waals surface area contributed by atoms with Crippen molar-refractivity contribution < 1.29 is 8.83 Å². The number of anilines is 9. The van der Waals surface area contributed by atoms with Crippen molar-refractivity contribution in [2.24, 2.45) is 0 Å². The van der Waals surface area contributed by atoms with Crippen LogP contribution in [0.2, 0.25) is 0 Å². The number of aromatic nitrogens is 1. The number of benzene rings is 10. The zero-order valence-electron chi connectivity index (χ0n) is 54.3. The molecule has 10 aromatic carbocycles. The number of nitrogens with zero attached hydrogens (tertiary/aromatic N) is 4. The maximum atomic E-state index is 7.39. The Balaban J connectivity index is 1.07. The Bertz CT molecular complexity index is 4850. The average Bonchev–Trinajstić information content (AvgIpc) is 1.63. The molecule has 0 atom stereocenters. The Morgan fingerprint density at radius 2 is 0.787 bits per heavy atom. The molecule has 2 aliphatic heterocycles. The van der Waals surface area contributed by atoms with Gasteiger partial charge in [0.15, 0.2) is 5.58 Å². The van der Waals surface area contributed by atoms with Crippen LogP contribution in [-0.2, 0) is 27.1 Å². The van der Waals surface area contributed by atoms with E-state index in [1.807, 2.05) is 0 Å². The lowest BCUT2D eigenvalue weighted by atomic mass is 9.33. The van der Waals surface area contributed by atoms with Gasteiger partial charge in [0, 0.05) is 67.0 Å². The van der Waals surface area contributed by atoms with Crippen LogP contribution >= 0.6 is 0 Å². The van der Waals surface area contributed by atoms with Gasteiger partial charge < -0.3 is 23.5 Å². The fraction of sp³-hybridized carbons (Fsp3) is 0.244. The van der Waals surface area contributed by atoms with E-state index >= 15 is 0 Å². The molecule has 6 nitrogen and oxygen atoms in total. The SMILES string of the molecule is CC(C)(C)c1ccc(N(c2ccc(C(C)(C)C)cc2)c2ccc3c(c2)N(c2cccc4c2oc2cc(C(C)(C)C)ccc24)c2cc(N(c4ccc(C(C)(C)C)cc4)c4ccc(C(C)(C)C)cc4)cc4c2B3c2cccc3c5c6ccccc6oc5n-4c23)cc1. The highest BCUT2D eigenvalue weighted by molar-refractivity contribution is 7.00. The largest absolute Gasteiger partial charge is 0.454 e. The van der Waals surface area contributed by atoms with E-state index < -0.39 is 0 Å². The van der Waals surface area contributed by atoms with Crippen LogP contribution in [0, 0.1) is 0 Å².